The van der Waals surface area contributed by atoms with Gasteiger partial charge in [0.05, 0.1) is 11.2 Å². The average molecular weight is 343 g/mol. The molecule has 0 spiro atoms. The van der Waals surface area contributed by atoms with Crippen LogP contribution in [0, 0.1) is 11.8 Å². The molecule has 0 saturated heterocycles. The van der Waals surface area contributed by atoms with Crippen molar-refractivity contribution in [3.63, 3.8) is 0 Å². The molecule has 24 heavy (non-hydrogen) atoms. The number of hydrogen-bond acceptors (Lipinski definition) is 4. The van der Waals surface area contributed by atoms with E-state index in [4.69, 9.17) is 16.7 Å². The Morgan fingerprint density at radius 3 is 2.62 bits per heavy atom. The second-order valence-electron chi connectivity index (χ2n) is 4.93. The summed E-state index contributed by atoms with van der Waals surface area (Å²) in [5.41, 5.74) is 4.22. The summed E-state index contributed by atoms with van der Waals surface area (Å²) in [5.74, 6) is 4.96. The lowest BCUT2D eigenvalue weighted by Gasteiger charge is -2.02. The van der Waals surface area contributed by atoms with Gasteiger partial charge in [0.1, 0.15) is 11.9 Å². The van der Waals surface area contributed by atoms with Crippen molar-refractivity contribution in [2.45, 2.75) is 13.0 Å². The van der Waals surface area contributed by atoms with Crippen molar-refractivity contribution >= 4 is 23.7 Å². The number of carbonyl (C=O) groups is 1. The first kappa shape index (κ1) is 17.5. The minimum atomic E-state index is -0.671. The molecule has 0 aliphatic rings. The third-order valence-electron chi connectivity index (χ3n) is 2.93. The zero-order chi connectivity index (χ0) is 17.5. The molecule has 1 amide bonds. The molecule has 0 heterocycles. The molecule has 0 fully saturated rings. The van der Waals surface area contributed by atoms with E-state index in [1.54, 1.807) is 31.2 Å². The molecule has 0 aliphatic carbocycles. The van der Waals surface area contributed by atoms with Crippen molar-refractivity contribution in [2.24, 2.45) is 5.10 Å². The fourth-order valence-corrected chi connectivity index (χ4v) is 1.90. The minimum absolute atomic E-state index is 0.0875. The number of nitrogens with zero attached hydrogens (tertiary/aromatic N) is 1. The number of hydrogen-bond donors (Lipinski definition) is 3. The highest BCUT2D eigenvalue weighted by Gasteiger charge is 2.07. The maximum absolute atomic E-state index is 11.9. The summed E-state index contributed by atoms with van der Waals surface area (Å²) in [7, 11) is 0. The molecule has 0 aliphatic heterocycles. The number of aliphatic hydroxyl groups excluding tert-OH is 1. The van der Waals surface area contributed by atoms with Crippen LogP contribution in [0.4, 0.5) is 0 Å². The van der Waals surface area contributed by atoms with Crippen LogP contribution < -0.4 is 5.43 Å². The quantitative estimate of drug-likeness (QED) is 0.455. The number of rotatable bonds is 3. The second kappa shape index (κ2) is 8.16. The van der Waals surface area contributed by atoms with Crippen LogP contribution in [0.15, 0.2) is 47.6 Å². The van der Waals surface area contributed by atoms with Gasteiger partial charge < -0.3 is 10.2 Å². The molecule has 2 aromatic rings. The SMILES string of the molecule is CC(O)C#Cc1ccc(C=NNC(=O)c2ccc(O)c(Cl)c2)cc1. The molecule has 1 unspecified atom stereocenters. The second-order valence-corrected chi connectivity index (χ2v) is 5.34. The van der Waals surface area contributed by atoms with Gasteiger partial charge in [-0.1, -0.05) is 35.6 Å². The van der Waals surface area contributed by atoms with Crippen LogP contribution >= 0.6 is 11.6 Å². The van der Waals surface area contributed by atoms with E-state index in [1.165, 1.54) is 24.4 Å². The molecule has 5 nitrogen and oxygen atoms in total. The zero-order valence-corrected chi connectivity index (χ0v) is 13.6. The Kier molecular flexibility index (Phi) is 5.96. The van der Waals surface area contributed by atoms with Crippen LogP contribution in [0.5, 0.6) is 5.75 Å². The van der Waals surface area contributed by atoms with Crippen LogP contribution in [0.2, 0.25) is 5.02 Å². The van der Waals surface area contributed by atoms with E-state index in [9.17, 15) is 9.90 Å². The van der Waals surface area contributed by atoms with Crippen molar-refractivity contribution in [3.05, 3.63) is 64.2 Å². The topological polar surface area (TPSA) is 81.9 Å². The van der Waals surface area contributed by atoms with E-state index >= 15 is 0 Å². The highest BCUT2D eigenvalue weighted by atomic mass is 35.5. The van der Waals surface area contributed by atoms with E-state index in [1.807, 2.05) is 0 Å². The Labute approximate surface area is 144 Å². The van der Waals surface area contributed by atoms with Gasteiger partial charge in [0.15, 0.2) is 0 Å². The number of aromatic hydroxyl groups is 1. The zero-order valence-electron chi connectivity index (χ0n) is 12.8. The van der Waals surface area contributed by atoms with Gasteiger partial charge in [-0.15, -0.1) is 0 Å². The summed E-state index contributed by atoms with van der Waals surface area (Å²) in [6, 6.07) is 11.3. The number of benzene rings is 2. The Hall–Kier alpha value is -2.81. The Morgan fingerprint density at radius 2 is 2.00 bits per heavy atom. The van der Waals surface area contributed by atoms with Crippen LogP contribution in [0.3, 0.4) is 0 Å². The summed E-state index contributed by atoms with van der Waals surface area (Å²) >= 11 is 5.75. The molecule has 0 saturated carbocycles. The summed E-state index contributed by atoms with van der Waals surface area (Å²) in [6.07, 6.45) is 0.820. The van der Waals surface area contributed by atoms with Crippen LogP contribution in [0.1, 0.15) is 28.4 Å². The minimum Gasteiger partial charge on any atom is -0.506 e. The highest BCUT2D eigenvalue weighted by molar-refractivity contribution is 6.32. The van der Waals surface area contributed by atoms with Crippen LogP contribution in [-0.2, 0) is 0 Å². The largest absolute Gasteiger partial charge is 0.506 e. The molecular weight excluding hydrogens is 328 g/mol. The maximum Gasteiger partial charge on any atom is 0.271 e. The molecule has 122 valence electrons. The maximum atomic E-state index is 11.9. The third kappa shape index (κ3) is 5.13. The monoisotopic (exact) mass is 342 g/mol. The predicted octanol–water partition coefficient (Wildman–Crippen LogP) is 2.54. The fourth-order valence-electron chi connectivity index (χ4n) is 1.72. The van der Waals surface area contributed by atoms with Gasteiger partial charge in [-0.05, 0) is 42.8 Å². The fraction of sp³-hybridized carbons (Fsp3) is 0.111. The van der Waals surface area contributed by atoms with E-state index in [-0.39, 0.29) is 10.8 Å². The van der Waals surface area contributed by atoms with E-state index in [0.717, 1.165) is 11.1 Å². The average Bonchev–Trinajstić information content (AvgIpc) is 2.56. The first-order chi connectivity index (χ1) is 11.5. The molecule has 0 bridgehead atoms. The van der Waals surface area contributed by atoms with Crippen molar-refractivity contribution in [1.29, 1.82) is 0 Å². The smallest absolute Gasteiger partial charge is 0.271 e. The molecule has 0 radical (unpaired) electrons. The predicted molar refractivity (Wildman–Crippen MR) is 93.2 cm³/mol. The number of hydrazone groups is 1. The summed E-state index contributed by atoms with van der Waals surface area (Å²) in [6.45, 7) is 1.60. The first-order valence-corrected chi connectivity index (χ1v) is 7.45. The number of amides is 1. The van der Waals surface area contributed by atoms with E-state index < -0.39 is 12.0 Å². The van der Waals surface area contributed by atoms with E-state index in [2.05, 4.69) is 22.4 Å². The lowest BCUT2D eigenvalue weighted by Crippen LogP contribution is -2.17. The summed E-state index contributed by atoms with van der Waals surface area (Å²) in [4.78, 5) is 11.9. The Morgan fingerprint density at radius 1 is 1.29 bits per heavy atom. The lowest BCUT2D eigenvalue weighted by molar-refractivity contribution is 0.0955. The van der Waals surface area contributed by atoms with Crippen molar-refractivity contribution < 1.29 is 15.0 Å². The van der Waals surface area contributed by atoms with Gasteiger partial charge in [0.2, 0.25) is 0 Å². The first-order valence-electron chi connectivity index (χ1n) is 7.07. The number of halogens is 1. The molecule has 2 aromatic carbocycles. The van der Waals surface area contributed by atoms with Crippen LogP contribution in [-0.4, -0.2) is 28.4 Å². The van der Waals surface area contributed by atoms with Gasteiger partial charge >= 0.3 is 0 Å². The Bertz CT molecular complexity index is 818. The normalized spacial score (nSPS) is 11.6. The Balaban J connectivity index is 1.97. The van der Waals surface area contributed by atoms with Crippen LogP contribution in [0.25, 0.3) is 0 Å². The molecule has 0 aromatic heterocycles. The number of nitrogens with one attached hydrogen (secondary N) is 1. The standard InChI is InChI=1S/C18H15ClN2O3/c1-12(22)2-3-13-4-6-14(7-5-13)11-20-21-18(24)15-8-9-17(23)16(19)10-15/h4-12,22-23H,1H3,(H,21,24). The van der Waals surface area contributed by atoms with Gasteiger partial charge in [-0.3, -0.25) is 4.79 Å². The number of aliphatic hydroxyl groups is 1. The lowest BCUT2D eigenvalue weighted by atomic mass is 10.1. The number of carbonyl (C=O) groups excluding carboxylic acids is 1. The van der Waals surface area contributed by atoms with Gasteiger partial charge in [0, 0.05) is 11.1 Å². The van der Waals surface area contributed by atoms with Crippen molar-refractivity contribution in [2.75, 3.05) is 0 Å². The third-order valence-corrected chi connectivity index (χ3v) is 3.23. The van der Waals surface area contributed by atoms with Gasteiger partial charge in [-0.25, -0.2) is 5.43 Å². The highest BCUT2D eigenvalue weighted by Crippen LogP contribution is 2.23. The van der Waals surface area contributed by atoms with E-state index in [0.29, 0.717) is 5.56 Å². The van der Waals surface area contributed by atoms with Gasteiger partial charge in [0.25, 0.3) is 5.91 Å². The van der Waals surface area contributed by atoms with Crippen molar-refractivity contribution in [1.82, 2.24) is 5.43 Å². The van der Waals surface area contributed by atoms with Gasteiger partial charge in [-0.2, -0.15) is 5.10 Å². The molecule has 6 heteroatoms. The molecule has 3 N–H and O–H groups in total. The van der Waals surface area contributed by atoms with Crippen molar-refractivity contribution in [3.8, 4) is 17.6 Å². The number of phenolic OH excluding ortho intramolecular Hbond substituents is 1. The number of phenols is 1. The summed E-state index contributed by atoms with van der Waals surface area (Å²) < 4.78 is 0. The molecule has 2 rings (SSSR count). The summed E-state index contributed by atoms with van der Waals surface area (Å²) in [5, 5.41) is 22.4. The molecular formula is C18H15ClN2O3. The molecule has 1 atom stereocenters.